The Bertz CT molecular complexity index is 920. The van der Waals surface area contributed by atoms with Crippen molar-refractivity contribution in [2.45, 2.75) is 4.90 Å². The fraction of sp³-hybridized carbons (Fsp3) is 0.250. The first-order chi connectivity index (χ1) is 13.5. The molecule has 0 bridgehead atoms. The molecule has 0 saturated carbocycles. The van der Waals surface area contributed by atoms with Crippen LogP contribution >= 0.6 is 0 Å². The van der Waals surface area contributed by atoms with Crippen molar-refractivity contribution in [3.63, 3.8) is 0 Å². The Morgan fingerprint density at radius 3 is 2.25 bits per heavy atom. The number of sulfonamides is 1. The Hall–Kier alpha value is -2.84. The molecule has 2 aromatic carbocycles. The molecule has 0 spiro atoms. The van der Waals surface area contributed by atoms with E-state index >= 15 is 0 Å². The first-order valence-electron chi connectivity index (χ1n) is 8.92. The number of urea groups is 1. The molecule has 0 radical (unpaired) electrons. The van der Waals surface area contributed by atoms with Crippen molar-refractivity contribution >= 4 is 22.1 Å². The topological polar surface area (TPSA) is 79.0 Å². The van der Waals surface area contributed by atoms with Crippen molar-refractivity contribution in [1.82, 2.24) is 14.5 Å². The number of piperazine rings is 1. The van der Waals surface area contributed by atoms with Crippen LogP contribution in [0.15, 0.2) is 65.7 Å². The molecule has 3 rings (SSSR count). The maximum atomic E-state index is 12.6. The van der Waals surface area contributed by atoms with Crippen molar-refractivity contribution in [2.75, 3.05) is 33.3 Å². The van der Waals surface area contributed by atoms with Gasteiger partial charge in [0.2, 0.25) is 10.0 Å². The average Bonchev–Trinajstić information content (AvgIpc) is 2.75. The monoisotopic (exact) mass is 401 g/mol. The van der Waals surface area contributed by atoms with Crippen LogP contribution in [0, 0.1) is 0 Å². The average molecular weight is 401 g/mol. The summed E-state index contributed by atoms with van der Waals surface area (Å²) in [7, 11) is -1.91. The van der Waals surface area contributed by atoms with Crippen LogP contribution in [0.3, 0.4) is 0 Å². The Morgan fingerprint density at radius 1 is 1.00 bits per heavy atom. The molecule has 0 unspecified atom stereocenters. The quantitative estimate of drug-likeness (QED) is 0.834. The number of nitrogens with zero attached hydrogens (tertiary/aromatic N) is 2. The molecule has 148 valence electrons. The summed E-state index contributed by atoms with van der Waals surface area (Å²) in [5, 5.41) is 2.72. The third-order valence-corrected chi connectivity index (χ3v) is 6.42. The standard InChI is InChI=1S/C20H23N3O4S/c1-27-18-9-7-17(8-10-18)11-12-21-20(24)22-13-15-23(16-14-22)28(25,26)19-5-3-2-4-6-19/h2-12H,13-16H2,1H3,(H,21,24)/b12-11+. The summed E-state index contributed by atoms with van der Waals surface area (Å²) < 4.78 is 31.8. The molecule has 1 N–H and O–H groups in total. The Kier molecular flexibility index (Phi) is 6.33. The van der Waals surface area contributed by atoms with E-state index in [-0.39, 0.29) is 24.0 Å². The summed E-state index contributed by atoms with van der Waals surface area (Å²) in [4.78, 5) is 14.2. The number of carbonyl (C=O) groups excluding carboxylic acids is 1. The predicted molar refractivity (Wildman–Crippen MR) is 107 cm³/mol. The zero-order chi connectivity index (χ0) is 20.0. The largest absolute Gasteiger partial charge is 0.497 e. The van der Waals surface area contributed by atoms with E-state index in [1.807, 2.05) is 24.3 Å². The van der Waals surface area contributed by atoms with Gasteiger partial charge in [0.05, 0.1) is 12.0 Å². The zero-order valence-electron chi connectivity index (χ0n) is 15.6. The normalized spacial score (nSPS) is 15.5. The van der Waals surface area contributed by atoms with E-state index in [4.69, 9.17) is 4.74 Å². The predicted octanol–water partition coefficient (Wildman–Crippen LogP) is 2.38. The molecule has 0 aromatic heterocycles. The van der Waals surface area contributed by atoms with Crippen LogP contribution in [0.1, 0.15) is 5.56 Å². The van der Waals surface area contributed by atoms with Gasteiger partial charge in [-0.05, 0) is 35.9 Å². The number of nitrogens with one attached hydrogen (secondary N) is 1. The minimum absolute atomic E-state index is 0.249. The number of benzene rings is 2. The first-order valence-corrected chi connectivity index (χ1v) is 10.4. The van der Waals surface area contributed by atoms with E-state index in [0.717, 1.165) is 11.3 Å². The van der Waals surface area contributed by atoms with Gasteiger partial charge in [-0.15, -0.1) is 0 Å². The van der Waals surface area contributed by atoms with Crippen molar-refractivity contribution in [1.29, 1.82) is 0 Å². The van der Waals surface area contributed by atoms with Crippen LogP contribution < -0.4 is 10.1 Å². The molecule has 1 aliphatic heterocycles. The fourth-order valence-electron chi connectivity index (χ4n) is 2.89. The van der Waals surface area contributed by atoms with Crippen molar-refractivity contribution < 1.29 is 17.9 Å². The highest BCUT2D eigenvalue weighted by molar-refractivity contribution is 7.89. The molecule has 1 aliphatic rings. The van der Waals surface area contributed by atoms with Crippen LogP contribution in [0.5, 0.6) is 5.75 Å². The van der Waals surface area contributed by atoms with Gasteiger partial charge in [-0.25, -0.2) is 13.2 Å². The highest BCUT2D eigenvalue weighted by Crippen LogP contribution is 2.17. The second-order valence-corrected chi connectivity index (χ2v) is 8.20. The highest BCUT2D eigenvalue weighted by Gasteiger charge is 2.29. The molecule has 2 aromatic rings. The van der Waals surface area contributed by atoms with Gasteiger partial charge in [-0.2, -0.15) is 4.31 Å². The van der Waals surface area contributed by atoms with Crippen molar-refractivity contribution in [2.24, 2.45) is 0 Å². The summed E-state index contributed by atoms with van der Waals surface area (Å²) in [5.41, 5.74) is 0.930. The van der Waals surface area contributed by atoms with Crippen molar-refractivity contribution in [3.05, 3.63) is 66.4 Å². The lowest BCUT2D eigenvalue weighted by molar-refractivity contribution is 0.175. The lowest BCUT2D eigenvalue weighted by atomic mass is 10.2. The minimum atomic E-state index is -3.52. The van der Waals surface area contributed by atoms with Crippen molar-refractivity contribution in [3.8, 4) is 5.75 Å². The highest BCUT2D eigenvalue weighted by atomic mass is 32.2. The third-order valence-electron chi connectivity index (χ3n) is 4.51. The van der Waals surface area contributed by atoms with Crippen LogP contribution in [0.25, 0.3) is 6.08 Å². The number of amides is 2. The molecule has 1 fully saturated rings. The molecular weight excluding hydrogens is 378 g/mol. The maximum Gasteiger partial charge on any atom is 0.321 e. The molecule has 28 heavy (non-hydrogen) atoms. The van der Waals surface area contributed by atoms with Gasteiger partial charge in [-0.1, -0.05) is 30.3 Å². The summed E-state index contributed by atoms with van der Waals surface area (Å²) >= 11 is 0. The van der Waals surface area contributed by atoms with Crippen LogP contribution in [0.4, 0.5) is 4.79 Å². The Labute approximate surface area is 165 Å². The lowest BCUT2D eigenvalue weighted by Gasteiger charge is -2.33. The summed E-state index contributed by atoms with van der Waals surface area (Å²) in [6.07, 6.45) is 3.37. The molecular formula is C20H23N3O4S. The molecule has 2 amide bonds. The number of hydrogen-bond donors (Lipinski definition) is 1. The van der Waals surface area contributed by atoms with E-state index in [2.05, 4.69) is 5.32 Å². The van der Waals surface area contributed by atoms with Crippen LogP contribution in [-0.4, -0.2) is 56.9 Å². The van der Waals surface area contributed by atoms with Gasteiger partial charge in [0.1, 0.15) is 5.75 Å². The molecule has 7 nitrogen and oxygen atoms in total. The Balaban J connectivity index is 1.51. The Morgan fingerprint density at radius 2 is 1.64 bits per heavy atom. The van der Waals surface area contributed by atoms with Gasteiger partial charge < -0.3 is 15.0 Å². The van der Waals surface area contributed by atoms with E-state index in [9.17, 15) is 13.2 Å². The smallest absolute Gasteiger partial charge is 0.321 e. The van der Waals surface area contributed by atoms with Gasteiger partial charge in [0, 0.05) is 32.4 Å². The van der Waals surface area contributed by atoms with Crippen LogP contribution in [-0.2, 0) is 10.0 Å². The third kappa shape index (κ3) is 4.71. The molecule has 8 heteroatoms. The second-order valence-electron chi connectivity index (χ2n) is 6.26. The number of hydrogen-bond acceptors (Lipinski definition) is 4. The van der Waals surface area contributed by atoms with E-state index in [1.165, 1.54) is 4.31 Å². The second kappa shape index (κ2) is 8.90. The van der Waals surface area contributed by atoms with Gasteiger partial charge in [0.25, 0.3) is 0 Å². The van der Waals surface area contributed by atoms with Crippen LogP contribution in [0.2, 0.25) is 0 Å². The zero-order valence-corrected chi connectivity index (χ0v) is 16.4. The number of carbonyl (C=O) groups is 1. The van der Waals surface area contributed by atoms with E-state index < -0.39 is 10.0 Å². The lowest BCUT2D eigenvalue weighted by Crippen LogP contribution is -2.52. The number of methoxy groups -OCH3 is 1. The molecule has 0 atom stereocenters. The van der Waals surface area contributed by atoms with E-state index in [1.54, 1.807) is 54.6 Å². The maximum absolute atomic E-state index is 12.6. The summed E-state index contributed by atoms with van der Waals surface area (Å²) in [6, 6.07) is 15.5. The van der Waals surface area contributed by atoms with Gasteiger partial charge in [0.15, 0.2) is 0 Å². The molecule has 0 aliphatic carbocycles. The molecule has 1 saturated heterocycles. The first kappa shape index (κ1) is 19.9. The van der Waals surface area contributed by atoms with Gasteiger partial charge in [-0.3, -0.25) is 0 Å². The fourth-order valence-corrected chi connectivity index (χ4v) is 4.33. The summed E-state index contributed by atoms with van der Waals surface area (Å²) in [6.45, 7) is 1.22. The summed E-state index contributed by atoms with van der Waals surface area (Å²) in [5.74, 6) is 0.768. The number of ether oxygens (including phenoxy) is 1. The number of rotatable bonds is 5. The minimum Gasteiger partial charge on any atom is -0.497 e. The van der Waals surface area contributed by atoms with Gasteiger partial charge >= 0.3 is 6.03 Å². The van der Waals surface area contributed by atoms with E-state index in [0.29, 0.717) is 13.1 Å². The SMILES string of the molecule is COc1ccc(/C=C/NC(=O)N2CCN(S(=O)(=O)c3ccccc3)CC2)cc1. The molecule has 1 heterocycles.